The van der Waals surface area contributed by atoms with Gasteiger partial charge in [0.15, 0.2) is 0 Å². The van der Waals surface area contributed by atoms with Crippen molar-refractivity contribution < 1.29 is 27.8 Å². The van der Waals surface area contributed by atoms with E-state index in [1.54, 1.807) is 12.1 Å². The van der Waals surface area contributed by atoms with Crippen molar-refractivity contribution in [1.82, 2.24) is 0 Å². The summed E-state index contributed by atoms with van der Waals surface area (Å²) >= 11 is 5.10. The van der Waals surface area contributed by atoms with Crippen LogP contribution < -0.4 is 4.74 Å². The van der Waals surface area contributed by atoms with E-state index < -0.39 is 11.2 Å². The second-order valence-corrected chi connectivity index (χ2v) is 6.37. The highest BCUT2D eigenvalue weighted by Crippen LogP contribution is 2.29. The number of ether oxygens (including phenoxy) is 2. The molecule has 0 heterocycles. The van der Waals surface area contributed by atoms with Crippen LogP contribution in [0.1, 0.15) is 43.7 Å². The van der Waals surface area contributed by atoms with E-state index in [0.717, 1.165) is 48.6 Å². The van der Waals surface area contributed by atoms with Crippen molar-refractivity contribution in [3.63, 3.8) is 0 Å². The molecule has 0 bridgehead atoms. The normalized spacial score (nSPS) is 12.5. The van der Waals surface area contributed by atoms with Crippen LogP contribution in [0.2, 0.25) is 0 Å². The number of aryl methyl sites for hydroxylation is 2. The van der Waals surface area contributed by atoms with Crippen LogP contribution in [0.15, 0.2) is 23.2 Å². The summed E-state index contributed by atoms with van der Waals surface area (Å²) in [6, 6.07) is 3.40. The van der Waals surface area contributed by atoms with Crippen molar-refractivity contribution >= 4 is 11.6 Å². The number of phenols is 1. The Hall–Kier alpha value is -1.40. The molecule has 0 amide bonds. The second kappa shape index (κ2) is 11.3. The molecule has 1 N–H and O–H groups in total. The SMILES string of the molecule is CCc1cc(O)cc(C)c1OCCCCCOCCC=C(Cl)C(F)(F)F. The zero-order chi connectivity index (χ0) is 19.6. The Balaban J connectivity index is 2.14. The number of unbranched alkanes of at least 4 members (excludes halogenated alkanes) is 2. The third-order valence-electron chi connectivity index (χ3n) is 3.75. The highest BCUT2D eigenvalue weighted by molar-refractivity contribution is 6.30. The molecule has 0 aliphatic heterocycles. The average Bonchev–Trinajstić information content (AvgIpc) is 2.56. The molecule has 1 rings (SSSR count). The van der Waals surface area contributed by atoms with Gasteiger partial charge in [-0.05, 0) is 62.3 Å². The number of rotatable bonds is 11. The van der Waals surface area contributed by atoms with Crippen molar-refractivity contribution in [2.45, 2.75) is 52.1 Å². The van der Waals surface area contributed by atoms with E-state index >= 15 is 0 Å². The van der Waals surface area contributed by atoms with E-state index in [4.69, 9.17) is 21.1 Å². The molecular weight excluding hydrogens is 369 g/mol. The summed E-state index contributed by atoms with van der Waals surface area (Å²) in [6.45, 7) is 5.20. The maximum atomic E-state index is 12.1. The monoisotopic (exact) mass is 394 g/mol. The lowest BCUT2D eigenvalue weighted by Crippen LogP contribution is -2.07. The summed E-state index contributed by atoms with van der Waals surface area (Å²) in [4.78, 5) is 0. The predicted molar refractivity (Wildman–Crippen MR) is 97.0 cm³/mol. The van der Waals surface area contributed by atoms with Crippen molar-refractivity contribution in [1.29, 1.82) is 0 Å². The minimum Gasteiger partial charge on any atom is -0.508 e. The summed E-state index contributed by atoms with van der Waals surface area (Å²) in [5.74, 6) is 1.07. The lowest BCUT2D eigenvalue weighted by atomic mass is 10.1. The molecular formula is C19H26ClF3O3. The molecule has 0 aromatic heterocycles. The van der Waals surface area contributed by atoms with Crippen molar-refractivity contribution in [3.05, 3.63) is 34.4 Å². The Kier molecular flexibility index (Phi) is 9.88. The van der Waals surface area contributed by atoms with Crippen LogP contribution in [0.3, 0.4) is 0 Å². The van der Waals surface area contributed by atoms with Crippen molar-refractivity contribution in [2.75, 3.05) is 19.8 Å². The van der Waals surface area contributed by atoms with Gasteiger partial charge in [-0.1, -0.05) is 24.6 Å². The minimum atomic E-state index is -4.48. The Labute approximate surface area is 157 Å². The number of phenolic OH excluding ortho intramolecular Hbond substituents is 1. The molecule has 148 valence electrons. The lowest BCUT2D eigenvalue weighted by molar-refractivity contribution is -0.0848. The Morgan fingerprint density at radius 1 is 1.15 bits per heavy atom. The van der Waals surface area contributed by atoms with E-state index in [-0.39, 0.29) is 18.8 Å². The largest absolute Gasteiger partial charge is 0.508 e. The fourth-order valence-electron chi connectivity index (χ4n) is 2.44. The molecule has 3 nitrogen and oxygen atoms in total. The van der Waals surface area contributed by atoms with Crippen LogP contribution in [-0.4, -0.2) is 31.1 Å². The van der Waals surface area contributed by atoms with Gasteiger partial charge in [-0.15, -0.1) is 0 Å². The molecule has 0 spiro atoms. The first-order valence-corrected chi connectivity index (χ1v) is 9.09. The van der Waals surface area contributed by atoms with Crippen molar-refractivity contribution in [3.8, 4) is 11.5 Å². The third-order valence-corrected chi connectivity index (χ3v) is 4.12. The smallest absolute Gasteiger partial charge is 0.426 e. The molecule has 26 heavy (non-hydrogen) atoms. The fourth-order valence-corrected chi connectivity index (χ4v) is 2.55. The topological polar surface area (TPSA) is 38.7 Å². The molecule has 0 saturated heterocycles. The number of hydrogen-bond acceptors (Lipinski definition) is 3. The molecule has 0 radical (unpaired) electrons. The van der Waals surface area contributed by atoms with Gasteiger partial charge in [-0.3, -0.25) is 0 Å². The van der Waals surface area contributed by atoms with E-state index in [0.29, 0.717) is 13.2 Å². The van der Waals surface area contributed by atoms with E-state index in [9.17, 15) is 18.3 Å². The van der Waals surface area contributed by atoms with Gasteiger partial charge >= 0.3 is 6.18 Å². The van der Waals surface area contributed by atoms with Crippen LogP contribution in [0.25, 0.3) is 0 Å². The summed E-state index contributed by atoms with van der Waals surface area (Å²) < 4.78 is 47.6. The second-order valence-electron chi connectivity index (χ2n) is 5.96. The standard InChI is InChI=1S/C19H26ClF3O3/c1-3-15-13-16(24)12-14(2)18(15)26-11-6-4-5-9-25-10-7-8-17(20)19(21,22)23/h8,12-13,24H,3-7,9-11H2,1-2H3. The van der Waals surface area contributed by atoms with Gasteiger partial charge in [0.25, 0.3) is 0 Å². The number of aromatic hydroxyl groups is 1. The van der Waals surface area contributed by atoms with Crippen LogP contribution >= 0.6 is 11.6 Å². The fraction of sp³-hybridized carbons (Fsp3) is 0.579. The zero-order valence-corrected chi connectivity index (χ0v) is 15.9. The molecule has 0 atom stereocenters. The van der Waals surface area contributed by atoms with Crippen LogP contribution in [0.4, 0.5) is 13.2 Å². The Morgan fingerprint density at radius 3 is 2.50 bits per heavy atom. The zero-order valence-electron chi connectivity index (χ0n) is 15.2. The van der Waals surface area contributed by atoms with Crippen LogP contribution in [0, 0.1) is 6.92 Å². The quantitative estimate of drug-likeness (QED) is 0.474. The molecule has 0 unspecified atom stereocenters. The number of alkyl halides is 3. The lowest BCUT2D eigenvalue weighted by Gasteiger charge is -2.14. The predicted octanol–water partition coefficient (Wildman–Crippen LogP) is 5.90. The Morgan fingerprint density at radius 2 is 1.85 bits per heavy atom. The van der Waals surface area contributed by atoms with E-state index in [1.807, 2.05) is 13.8 Å². The highest BCUT2D eigenvalue weighted by atomic mass is 35.5. The van der Waals surface area contributed by atoms with Gasteiger partial charge in [0.2, 0.25) is 0 Å². The first kappa shape index (κ1) is 22.6. The summed E-state index contributed by atoms with van der Waals surface area (Å²) in [7, 11) is 0. The molecule has 0 saturated carbocycles. The maximum Gasteiger partial charge on any atom is 0.426 e. The average molecular weight is 395 g/mol. The summed E-state index contributed by atoms with van der Waals surface area (Å²) in [5.41, 5.74) is 1.90. The first-order chi connectivity index (χ1) is 12.3. The van der Waals surface area contributed by atoms with E-state index in [2.05, 4.69) is 0 Å². The molecule has 0 aliphatic rings. The van der Waals surface area contributed by atoms with Gasteiger partial charge in [-0.2, -0.15) is 13.2 Å². The minimum absolute atomic E-state index is 0.140. The van der Waals surface area contributed by atoms with Gasteiger partial charge in [0.05, 0.1) is 13.2 Å². The van der Waals surface area contributed by atoms with E-state index in [1.165, 1.54) is 0 Å². The van der Waals surface area contributed by atoms with Gasteiger partial charge < -0.3 is 14.6 Å². The first-order valence-electron chi connectivity index (χ1n) is 8.71. The number of allylic oxidation sites excluding steroid dienone is 1. The van der Waals surface area contributed by atoms with Gasteiger partial charge in [-0.25, -0.2) is 0 Å². The molecule has 1 aromatic rings. The highest BCUT2D eigenvalue weighted by Gasteiger charge is 2.31. The van der Waals surface area contributed by atoms with Crippen LogP contribution in [-0.2, 0) is 11.2 Å². The Bertz CT molecular complexity index is 586. The van der Waals surface area contributed by atoms with Crippen molar-refractivity contribution in [2.24, 2.45) is 0 Å². The molecule has 1 aromatic carbocycles. The third kappa shape index (κ3) is 8.32. The molecule has 0 aliphatic carbocycles. The summed E-state index contributed by atoms with van der Waals surface area (Å²) in [6.07, 6.45) is -0.0536. The van der Waals surface area contributed by atoms with Gasteiger partial charge in [0.1, 0.15) is 16.5 Å². The molecule has 0 fully saturated rings. The number of halogens is 4. The summed E-state index contributed by atoms with van der Waals surface area (Å²) in [5, 5.41) is 8.51. The number of benzene rings is 1. The van der Waals surface area contributed by atoms with Crippen LogP contribution in [0.5, 0.6) is 11.5 Å². The maximum absolute atomic E-state index is 12.1. The van der Waals surface area contributed by atoms with Gasteiger partial charge in [0, 0.05) is 6.61 Å². The number of hydrogen-bond donors (Lipinski definition) is 1. The molecule has 7 heteroatoms.